The van der Waals surface area contributed by atoms with Gasteiger partial charge in [0.25, 0.3) is 0 Å². The molecule has 2 rings (SSSR count). The van der Waals surface area contributed by atoms with Crippen LogP contribution in [0.1, 0.15) is 30.2 Å². The molecule has 1 aromatic rings. The second-order valence-corrected chi connectivity index (χ2v) is 6.54. The van der Waals surface area contributed by atoms with Crippen molar-refractivity contribution < 1.29 is 4.79 Å². The third-order valence-electron chi connectivity index (χ3n) is 3.92. The van der Waals surface area contributed by atoms with Gasteiger partial charge in [-0.3, -0.25) is 0 Å². The maximum Gasteiger partial charge on any atom is 0.319 e. The Bertz CT molecular complexity index is 436. The fourth-order valence-corrected chi connectivity index (χ4v) is 3.56. The molecule has 0 unspecified atom stereocenters. The first-order chi connectivity index (χ1) is 9.61. The number of piperidine rings is 1. The summed E-state index contributed by atoms with van der Waals surface area (Å²) in [6.45, 7) is 4.89. The van der Waals surface area contributed by atoms with Crippen molar-refractivity contribution in [1.82, 2.24) is 15.1 Å². The van der Waals surface area contributed by atoms with Crippen LogP contribution in [0, 0.1) is 0 Å². The van der Waals surface area contributed by atoms with Gasteiger partial charge in [-0.2, -0.15) is 0 Å². The number of rotatable bonds is 4. The van der Waals surface area contributed by atoms with E-state index in [9.17, 15) is 4.79 Å². The molecule has 0 spiro atoms. The first-order valence-corrected chi connectivity index (χ1v) is 8.24. The molecule has 2 heterocycles. The van der Waals surface area contributed by atoms with Gasteiger partial charge < -0.3 is 15.1 Å². The van der Waals surface area contributed by atoms with Crippen LogP contribution < -0.4 is 5.32 Å². The SMILES string of the molecule is CCc1ccsc1CNC1CCN(C(=O)N(C)C)CC1. The van der Waals surface area contributed by atoms with Gasteiger partial charge in [0.2, 0.25) is 0 Å². The van der Waals surface area contributed by atoms with E-state index in [4.69, 9.17) is 0 Å². The molecule has 1 fully saturated rings. The summed E-state index contributed by atoms with van der Waals surface area (Å²) in [5.41, 5.74) is 1.46. The van der Waals surface area contributed by atoms with Crippen molar-refractivity contribution in [3.8, 4) is 0 Å². The van der Waals surface area contributed by atoms with Gasteiger partial charge in [0.15, 0.2) is 0 Å². The van der Waals surface area contributed by atoms with E-state index in [1.54, 1.807) is 4.90 Å². The van der Waals surface area contributed by atoms with E-state index >= 15 is 0 Å². The molecular weight excluding hydrogens is 270 g/mol. The summed E-state index contributed by atoms with van der Waals surface area (Å²) in [5.74, 6) is 0. The largest absolute Gasteiger partial charge is 0.331 e. The Balaban J connectivity index is 1.76. The predicted molar refractivity (Wildman–Crippen MR) is 84.2 cm³/mol. The maximum absolute atomic E-state index is 11.9. The number of likely N-dealkylation sites (tertiary alicyclic amines) is 1. The number of carbonyl (C=O) groups is 1. The molecule has 112 valence electrons. The van der Waals surface area contributed by atoms with E-state index in [1.807, 2.05) is 30.3 Å². The van der Waals surface area contributed by atoms with Crippen LogP contribution in [0.2, 0.25) is 0 Å². The Kier molecular flexibility index (Phi) is 5.43. The lowest BCUT2D eigenvalue weighted by Crippen LogP contribution is -2.47. The van der Waals surface area contributed by atoms with Crippen LogP contribution in [0.3, 0.4) is 0 Å². The first-order valence-electron chi connectivity index (χ1n) is 7.36. The Morgan fingerprint density at radius 3 is 2.75 bits per heavy atom. The van der Waals surface area contributed by atoms with E-state index in [0.717, 1.165) is 38.9 Å². The molecule has 1 N–H and O–H groups in total. The number of carbonyl (C=O) groups excluding carboxylic acids is 1. The summed E-state index contributed by atoms with van der Waals surface area (Å²) >= 11 is 1.84. The fraction of sp³-hybridized carbons (Fsp3) is 0.667. The third kappa shape index (κ3) is 3.73. The van der Waals surface area contributed by atoms with Crippen molar-refractivity contribution in [2.45, 2.75) is 38.8 Å². The number of nitrogens with zero attached hydrogens (tertiary/aromatic N) is 2. The fourth-order valence-electron chi connectivity index (χ4n) is 2.63. The van der Waals surface area contributed by atoms with Crippen molar-refractivity contribution in [1.29, 1.82) is 0 Å². The Morgan fingerprint density at radius 2 is 2.15 bits per heavy atom. The molecule has 0 radical (unpaired) electrons. The van der Waals surface area contributed by atoms with Crippen molar-refractivity contribution in [3.63, 3.8) is 0 Å². The molecule has 1 saturated heterocycles. The molecule has 4 nitrogen and oxygen atoms in total. The van der Waals surface area contributed by atoms with Gasteiger partial charge in [-0.25, -0.2) is 4.79 Å². The van der Waals surface area contributed by atoms with Crippen LogP contribution in [0.5, 0.6) is 0 Å². The minimum Gasteiger partial charge on any atom is -0.331 e. The van der Waals surface area contributed by atoms with Gasteiger partial charge in [-0.1, -0.05) is 6.92 Å². The number of thiophene rings is 1. The predicted octanol–water partition coefficient (Wildman–Crippen LogP) is 2.55. The lowest BCUT2D eigenvalue weighted by atomic mass is 10.1. The zero-order valence-corrected chi connectivity index (χ0v) is 13.5. The quantitative estimate of drug-likeness (QED) is 0.926. The lowest BCUT2D eigenvalue weighted by molar-refractivity contribution is 0.152. The van der Waals surface area contributed by atoms with E-state index in [1.165, 1.54) is 10.4 Å². The van der Waals surface area contributed by atoms with Crippen LogP contribution in [-0.4, -0.2) is 49.1 Å². The van der Waals surface area contributed by atoms with Crippen molar-refractivity contribution >= 4 is 17.4 Å². The number of hydrogen-bond acceptors (Lipinski definition) is 3. The second-order valence-electron chi connectivity index (χ2n) is 5.54. The molecule has 0 saturated carbocycles. The molecule has 2 amide bonds. The highest BCUT2D eigenvalue weighted by Gasteiger charge is 2.23. The summed E-state index contributed by atoms with van der Waals surface area (Å²) < 4.78 is 0. The molecule has 0 aromatic carbocycles. The zero-order chi connectivity index (χ0) is 14.5. The minimum atomic E-state index is 0.134. The van der Waals surface area contributed by atoms with Gasteiger partial charge in [-0.05, 0) is 36.3 Å². The molecule has 1 aliphatic rings. The van der Waals surface area contributed by atoms with Crippen molar-refractivity contribution in [2.24, 2.45) is 0 Å². The molecule has 0 bridgehead atoms. The smallest absolute Gasteiger partial charge is 0.319 e. The summed E-state index contributed by atoms with van der Waals surface area (Å²) in [6, 6.07) is 2.89. The average molecular weight is 295 g/mol. The van der Waals surface area contributed by atoms with Crippen LogP contribution in [0.4, 0.5) is 4.79 Å². The van der Waals surface area contributed by atoms with Crippen LogP contribution in [0.15, 0.2) is 11.4 Å². The highest BCUT2D eigenvalue weighted by atomic mass is 32.1. The average Bonchev–Trinajstić information content (AvgIpc) is 2.92. The molecular formula is C15H25N3OS. The zero-order valence-electron chi connectivity index (χ0n) is 12.7. The summed E-state index contributed by atoms with van der Waals surface area (Å²) in [7, 11) is 3.63. The number of nitrogens with one attached hydrogen (secondary N) is 1. The standard InChI is InChI=1S/C15H25N3OS/c1-4-12-7-10-20-14(12)11-16-13-5-8-18(9-6-13)15(19)17(2)3/h7,10,13,16H,4-6,8-9,11H2,1-3H3. The van der Waals surface area contributed by atoms with E-state index in [2.05, 4.69) is 23.7 Å². The topological polar surface area (TPSA) is 35.6 Å². The van der Waals surface area contributed by atoms with Crippen LogP contribution >= 0.6 is 11.3 Å². The van der Waals surface area contributed by atoms with E-state index in [0.29, 0.717) is 6.04 Å². The number of aryl methyl sites for hydroxylation is 1. The van der Waals surface area contributed by atoms with Crippen molar-refractivity contribution in [3.05, 3.63) is 21.9 Å². The van der Waals surface area contributed by atoms with Crippen LogP contribution in [0.25, 0.3) is 0 Å². The van der Waals surface area contributed by atoms with Gasteiger partial charge >= 0.3 is 6.03 Å². The molecule has 1 aromatic heterocycles. The lowest BCUT2D eigenvalue weighted by Gasteiger charge is -2.34. The highest BCUT2D eigenvalue weighted by Crippen LogP contribution is 2.18. The van der Waals surface area contributed by atoms with Crippen molar-refractivity contribution in [2.75, 3.05) is 27.2 Å². The second kappa shape index (κ2) is 7.09. The first kappa shape index (κ1) is 15.3. The molecule has 5 heteroatoms. The monoisotopic (exact) mass is 295 g/mol. The van der Waals surface area contributed by atoms with Gasteiger partial charge in [-0.15, -0.1) is 11.3 Å². The van der Waals surface area contributed by atoms with Gasteiger partial charge in [0.05, 0.1) is 0 Å². The van der Waals surface area contributed by atoms with Gasteiger partial charge in [0, 0.05) is 44.6 Å². The normalized spacial score (nSPS) is 16.4. The summed E-state index contributed by atoms with van der Waals surface area (Å²) in [5, 5.41) is 5.82. The number of amides is 2. The summed E-state index contributed by atoms with van der Waals surface area (Å²) in [4.78, 5) is 16.9. The third-order valence-corrected chi connectivity index (χ3v) is 4.88. The minimum absolute atomic E-state index is 0.134. The van der Waals surface area contributed by atoms with E-state index in [-0.39, 0.29) is 6.03 Å². The molecule has 1 aliphatic heterocycles. The summed E-state index contributed by atoms with van der Waals surface area (Å²) in [6.07, 6.45) is 3.20. The molecule has 0 aliphatic carbocycles. The highest BCUT2D eigenvalue weighted by molar-refractivity contribution is 7.10. The number of urea groups is 1. The Labute approximate surface area is 125 Å². The van der Waals surface area contributed by atoms with E-state index < -0.39 is 0 Å². The Hall–Kier alpha value is -1.07. The molecule has 20 heavy (non-hydrogen) atoms. The molecule has 0 atom stereocenters. The maximum atomic E-state index is 11.9. The number of hydrogen-bond donors (Lipinski definition) is 1. The van der Waals surface area contributed by atoms with Crippen LogP contribution in [-0.2, 0) is 13.0 Å². The Morgan fingerprint density at radius 1 is 1.45 bits per heavy atom. The van der Waals surface area contributed by atoms with Gasteiger partial charge in [0.1, 0.15) is 0 Å².